The molecule has 0 saturated carbocycles. The molecule has 1 N–H and O–H groups in total. The number of carbonyl (C=O) groups is 3. The van der Waals surface area contributed by atoms with Gasteiger partial charge in [-0.2, -0.15) is 0 Å². The minimum atomic E-state index is -0.727. The van der Waals surface area contributed by atoms with Gasteiger partial charge < -0.3 is 19.6 Å². The Morgan fingerprint density at radius 1 is 1.31 bits per heavy atom. The van der Waals surface area contributed by atoms with Gasteiger partial charge in [0.25, 0.3) is 0 Å². The highest BCUT2D eigenvalue weighted by Gasteiger charge is 2.77. The Morgan fingerprint density at radius 3 is 2.60 bits per heavy atom. The summed E-state index contributed by atoms with van der Waals surface area (Å²) in [4.78, 5) is 44.9. The molecule has 7 atom stereocenters. The quantitative estimate of drug-likeness (QED) is 0.234. The van der Waals surface area contributed by atoms with Crippen molar-refractivity contribution in [1.29, 1.82) is 0 Å². The Morgan fingerprint density at radius 2 is 2.03 bits per heavy atom. The van der Waals surface area contributed by atoms with E-state index in [1.54, 1.807) is 27.6 Å². The van der Waals surface area contributed by atoms with Crippen LogP contribution in [0.2, 0.25) is 0 Å². The number of likely N-dealkylation sites (tertiary alicyclic amines) is 1. The Bertz CT molecular complexity index is 828. The first-order valence-electron chi connectivity index (χ1n) is 13.0. The molecular formula is C27H42N2O5S. The molecule has 2 amide bonds. The monoisotopic (exact) mass is 506 g/mol. The van der Waals surface area contributed by atoms with Crippen LogP contribution in [0.1, 0.15) is 59.8 Å². The van der Waals surface area contributed by atoms with E-state index in [1.807, 2.05) is 26.8 Å². The molecule has 3 aliphatic heterocycles. The smallest absolute Gasteiger partial charge is 0.310 e. The fourth-order valence-electron chi connectivity index (χ4n) is 6.33. The minimum absolute atomic E-state index is 0.0433. The molecule has 3 rings (SSSR count). The van der Waals surface area contributed by atoms with E-state index in [0.717, 1.165) is 25.7 Å². The Balaban J connectivity index is 1.99. The summed E-state index contributed by atoms with van der Waals surface area (Å²) in [5.74, 6) is -1.75. The van der Waals surface area contributed by atoms with Gasteiger partial charge in [0, 0.05) is 17.8 Å². The fourth-order valence-corrected chi connectivity index (χ4v) is 8.72. The number of esters is 1. The van der Waals surface area contributed by atoms with Gasteiger partial charge in [0.1, 0.15) is 6.04 Å². The number of thioether (sulfide) groups is 1. The first kappa shape index (κ1) is 27.8. The van der Waals surface area contributed by atoms with E-state index in [9.17, 15) is 19.5 Å². The summed E-state index contributed by atoms with van der Waals surface area (Å²) in [6.45, 7) is 15.9. The lowest BCUT2D eigenvalue weighted by atomic mass is 9.66. The highest BCUT2D eigenvalue weighted by molar-refractivity contribution is 8.02. The number of unbranched alkanes of at least 4 members (excludes halogenated alkanes) is 2. The van der Waals surface area contributed by atoms with Gasteiger partial charge in [0.05, 0.1) is 35.8 Å². The molecule has 7 nitrogen and oxygen atoms in total. The van der Waals surface area contributed by atoms with Crippen LogP contribution in [0.15, 0.2) is 25.3 Å². The molecule has 1 spiro atoms. The lowest BCUT2D eigenvalue weighted by Crippen LogP contribution is -2.60. The second-order valence-electron chi connectivity index (χ2n) is 10.4. The highest BCUT2D eigenvalue weighted by Crippen LogP contribution is 2.69. The number of ether oxygens (including phenoxy) is 1. The summed E-state index contributed by atoms with van der Waals surface area (Å²) in [6.07, 6.45) is 7.36. The van der Waals surface area contributed by atoms with Crippen LogP contribution in [0, 0.1) is 17.8 Å². The van der Waals surface area contributed by atoms with Gasteiger partial charge in [-0.05, 0) is 51.9 Å². The average molecular weight is 507 g/mol. The van der Waals surface area contributed by atoms with Crippen LogP contribution >= 0.6 is 11.8 Å². The minimum Gasteiger partial charge on any atom is -0.465 e. The van der Waals surface area contributed by atoms with Gasteiger partial charge in [0.15, 0.2) is 0 Å². The molecule has 35 heavy (non-hydrogen) atoms. The topological polar surface area (TPSA) is 87.1 Å². The van der Waals surface area contributed by atoms with E-state index in [2.05, 4.69) is 20.1 Å². The van der Waals surface area contributed by atoms with E-state index >= 15 is 0 Å². The molecule has 196 valence electrons. The van der Waals surface area contributed by atoms with Gasteiger partial charge >= 0.3 is 5.97 Å². The van der Waals surface area contributed by atoms with Crippen molar-refractivity contribution in [1.82, 2.24) is 9.80 Å². The first-order valence-corrected chi connectivity index (χ1v) is 13.9. The number of fused-ring (bicyclic) bond motifs is 1. The molecule has 0 aliphatic carbocycles. The maximum atomic E-state index is 14.2. The van der Waals surface area contributed by atoms with Crippen molar-refractivity contribution in [2.24, 2.45) is 17.8 Å². The lowest BCUT2D eigenvalue weighted by Gasteiger charge is -2.42. The zero-order valence-corrected chi connectivity index (χ0v) is 22.5. The Hall–Kier alpha value is -1.80. The standard InChI is InChI=1S/C27H42N2O5S/c1-7-10-11-12-14-34-26(33)21-20-15-18(6)27(35-20)22(21)24(31)29(19(9-3)16-30)23(27)25(32)28(13-8-2)17(4)5/h7-8,17-23,30H,1-2,9-16H2,3-6H3/t18?,19-,20+,21-,22-,23?,27?/m0/s1. The number of rotatable bonds is 13. The number of carbonyl (C=O) groups excluding carboxylic acids is 3. The second-order valence-corrected chi connectivity index (χ2v) is 11.9. The molecule has 8 heteroatoms. The van der Waals surface area contributed by atoms with Crippen molar-refractivity contribution >= 4 is 29.5 Å². The predicted octanol–water partition coefficient (Wildman–Crippen LogP) is 3.42. The van der Waals surface area contributed by atoms with Crippen molar-refractivity contribution in [3.8, 4) is 0 Å². The van der Waals surface area contributed by atoms with Gasteiger partial charge in [-0.1, -0.05) is 26.0 Å². The molecule has 3 saturated heterocycles. The van der Waals surface area contributed by atoms with Crippen molar-refractivity contribution < 1.29 is 24.2 Å². The lowest BCUT2D eigenvalue weighted by molar-refractivity contribution is -0.155. The fraction of sp³-hybridized carbons (Fsp3) is 0.741. The molecule has 0 aromatic heterocycles. The van der Waals surface area contributed by atoms with Crippen LogP contribution in [0.3, 0.4) is 0 Å². The van der Waals surface area contributed by atoms with Crippen LogP contribution in [-0.2, 0) is 19.1 Å². The van der Waals surface area contributed by atoms with Gasteiger partial charge in [-0.25, -0.2) is 0 Å². The first-order chi connectivity index (χ1) is 16.7. The predicted molar refractivity (Wildman–Crippen MR) is 139 cm³/mol. The van der Waals surface area contributed by atoms with Gasteiger partial charge in [-0.3, -0.25) is 14.4 Å². The molecule has 2 bridgehead atoms. The summed E-state index contributed by atoms with van der Waals surface area (Å²) in [7, 11) is 0. The molecule has 3 unspecified atom stereocenters. The van der Waals surface area contributed by atoms with E-state index in [0.29, 0.717) is 19.6 Å². The van der Waals surface area contributed by atoms with Crippen LogP contribution < -0.4 is 0 Å². The number of amides is 2. The van der Waals surface area contributed by atoms with Gasteiger partial charge in [0.2, 0.25) is 11.8 Å². The van der Waals surface area contributed by atoms with Gasteiger partial charge in [-0.15, -0.1) is 24.9 Å². The number of allylic oxidation sites excluding steroid dienone is 1. The largest absolute Gasteiger partial charge is 0.465 e. The third kappa shape index (κ3) is 4.68. The van der Waals surface area contributed by atoms with Crippen LogP contribution in [-0.4, -0.2) is 80.6 Å². The van der Waals surface area contributed by atoms with Crippen molar-refractivity contribution in [2.45, 2.75) is 87.9 Å². The number of nitrogens with zero attached hydrogens (tertiary/aromatic N) is 2. The van der Waals surface area contributed by atoms with E-state index in [1.165, 1.54) is 0 Å². The molecule has 0 radical (unpaired) electrons. The van der Waals surface area contributed by atoms with Crippen LogP contribution in [0.5, 0.6) is 0 Å². The van der Waals surface area contributed by atoms with Crippen LogP contribution in [0.25, 0.3) is 0 Å². The summed E-state index contributed by atoms with van der Waals surface area (Å²) >= 11 is 1.64. The van der Waals surface area contributed by atoms with Crippen LogP contribution in [0.4, 0.5) is 0 Å². The van der Waals surface area contributed by atoms with E-state index in [4.69, 9.17) is 4.74 Å². The Kier molecular flexibility index (Phi) is 9.13. The molecular weight excluding hydrogens is 464 g/mol. The average Bonchev–Trinajstić information content (AvgIpc) is 3.41. The molecule has 0 aromatic rings. The second kappa shape index (κ2) is 11.5. The summed E-state index contributed by atoms with van der Waals surface area (Å²) in [5.41, 5.74) is 0. The molecule has 3 heterocycles. The zero-order chi connectivity index (χ0) is 25.9. The van der Waals surface area contributed by atoms with E-state index in [-0.39, 0.29) is 41.6 Å². The molecule has 3 aliphatic rings. The maximum Gasteiger partial charge on any atom is 0.310 e. The SMILES string of the molecule is C=CCCCCOC(=O)[C@@H]1[C@H]2C(=O)N([C@@H](CC)CO)C(C(=O)N(CC=C)C(C)C)C23S[C@@H]1CC3C. The van der Waals surface area contributed by atoms with Crippen molar-refractivity contribution in [3.63, 3.8) is 0 Å². The highest BCUT2D eigenvalue weighted by atomic mass is 32.2. The maximum absolute atomic E-state index is 14.2. The number of hydrogen-bond donors (Lipinski definition) is 1. The summed E-state index contributed by atoms with van der Waals surface area (Å²) in [6, 6.07) is -1.27. The Labute approximate surface area is 214 Å². The third-order valence-electron chi connectivity index (χ3n) is 8.04. The number of aliphatic hydroxyl groups excluding tert-OH is 1. The number of hydrogen-bond acceptors (Lipinski definition) is 6. The van der Waals surface area contributed by atoms with Crippen molar-refractivity contribution in [3.05, 3.63) is 25.3 Å². The molecule has 3 fully saturated rings. The molecule has 0 aromatic carbocycles. The van der Waals surface area contributed by atoms with E-state index < -0.39 is 28.7 Å². The summed E-state index contributed by atoms with van der Waals surface area (Å²) in [5, 5.41) is 10.1. The van der Waals surface area contributed by atoms with Crippen molar-refractivity contribution in [2.75, 3.05) is 19.8 Å². The normalized spacial score (nSPS) is 32.0. The third-order valence-corrected chi connectivity index (χ3v) is 10.1. The zero-order valence-electron chi connectivity index (χ0n) is 21.7. The number of aliphatic hydroxyl groups is 1. The summed E-state index contributed by atoms with van der Waals surface area (Å²) < 4.78 is 4.96.